The molecule has 1 aromatic rings. The molecule has 0 saturated carbocycles. The van der Waals surface area contributed by atoms with Crippen molar-refractivity contribution in [3.63, 3.8) is 0 Å². The van der Waals surface area contributed by atoms with Gasteiger partial charge in [-0.2, -0.15) is 0 Å². The Balaban J connectivity index is 0.000000344. The Hall–Kier alpha value is -1.68. The zero-order valence-corrected chi connectivity index (χ0v) is 11.6. The first-order valence-corrected chi connectivity index (χ1v) is 6.61. The van der Waals surface area contributed by atoms with Crippen molar-refractivity contribution >= 4 is 18.3 Å². The third kappa shape index (κ3) is 11.2. The molecule has 0 radical (unpaired) electrons. The number of nitrogens with one attached hydrogen (secondary N) is 1. The molecule has 0 aliphatic heterocycles. The second-order valence-corrected chi connectivity index (χ2v) is 4.23. The molecule has 1 rings (SSSR count). The molecule has 0 saturated heterocycles. The highest BCUT2D eigenvalue weighted by molar-refractivity contribution is 5.55. The summed E-state index contributed by atoms with van der Waals surface area (Å²) >= 11 is 0. The van der Waals surface area contributed by atoms with Crippen LogP contribution in [0.2, 0.25) is 0 Å². The van der Waals surface area contributed by atoms with Crippen LogP contribution in [-0.4, -0.2) is 26.2 Å². The van der Waals surface area contributed by atoms with Crippen LogP contribution in [0.1, 0.15) is 31.2 Å². The molecule has 0 bridgehead atoms. The van der Waals surface area contributed by atoms with E-state index in [9.17, 15) is 9.59 Å². The van der Waals surface area contributed by atoms with Gasteiger partial charge in [0.2, 0.25) is 0 Å². The Kier molecular flexibility index (Phi) is 11.6. The highest BCUT2D eigenvalue weighted by Gasteiger charge is 1.88. The van der Waals surface area contributed by atoms with Gasteiger partial charge in [-0.3, -0.25) is 0 Å². The molecule has 0 amide bonds. The quantitative estimate of drug-likeness (QED) is 0.428. The molecule has 1 aromatic carbocycles. The topological polar surface area (TPSA) is 72.2 Å². The van der Waals surface area contributed by atoms with Crippen molar-refractivity contribution in [1.29, 1.82) is 0 Å². The van der Waals surface area contributed by atoms with Gasteiger partial charge in [0, 0.05) is 18.5 Å². The van der Waals surface area contributed by atoms with Crippen LogP contribution in [0.5, 0.6) is 0 Å². The van der Waals surface area contributed by atoms with E-state index in [0.29, 0.717) is 6.42 Å². The molecular formula is C15H24N2O2. The number of aldehydes is 2. The number of rotatable bonds is 8. The molecule has 0 aromatic heterocycles. The lowest BCUT2D eigenvalue weighted by atomic mass is 10.1. The number of unbranched alkanes of at least 4 members (excludes halogenated alkanes) is 3. The van der Waals surface area contributed by atoms with Crippen molar-refractivity contribution < 1.29 is 9.59 Å². The summed E-state index contributed by atoms with van der Waals surface area (Å²) in [4.78, 5) is 19.8. The predicted octanol–water partition coefficient (Wildman–Crippen LogP) is 1.98. The average Bonchev–Trinajstić information content (AvgIpc) is 2.42. The molecule has 19 heavy (non-hydrogen) atoms. The van der Waals surface area contributed by atoms with Crippen molar-refractivity contribution in [2.45, 2.75) is 32.1 Å². The normalized spacial score (nSPS) is 9.32. The van der Waals surface area contributed by atoms with E-state index in [4.69, 9.17) is 5.73 Å². The molecule has 0 atom stereocenters. The molecule has 0 aliphatic rings. The largest absolute Gasteiger partial charge is 0.399 e. The van der Waals surface area contributed by atoms with Crippen LogP contribution in [0.4, 0.5) is 5.69 Å². The number of benzene rings is 1. The van der Waals surface area contributed by atoms with E-state index < -0.39 is 0 Å². The average molecular weight is 264 g/mol. The number of carbonyl (C=O) groups excluding carboxylic acids is 2. The van der Waals surface area contributed by atoms with E-state index in [1.165, 1.54) is 12.8 Å². The second kappa shape index (κ2) is 12.8. The zero-order chi connectivity index (χ0) is 14.3. The van der Waals surface area contributed by atoms with Gasteiger partial charge in [-0.05, 0) is 44.1 Å². The first-order chi connectivity index (χ1) is 9.24. The minimum atomic E-state index is 0.472. The van der Waals surface area contributed by atoms with E-state index >= 15 is 0 Å². The SMILES string of the molecule is CNCCCCCC=O.Nc1ccc(CC=O)cc1. The molecule has 0 unspecified atom stereocenters. The first kappa shape index (κ1) is 17.3. The number of hydrogen-bond donors (Lipinski definition) is 2. The van der Waals surface area contributed by atoms with Gasteiger partial charge in [-0.1, -0.05) is 18.6 Å². The fraction of sp³-hybridized carbons (Fsp3) is 0.467. The summed E-state index contributed by atoms with van der Waals surface area (Å²) in [6.07, 6.45) is 6.46. The van der Waals surface area contributed by atoms with Crippen LogP contribution in [0.25, 0.3) is 0 Å². The molecule has 4 nitrogen and oxygen atoms in total. The highest BCUT2D eigenvalue weighted by Crippen LogP contribution is 2.04. The van der Waals surface area contributed by atoms with Gasteiger partial charge in [0.05, 0.1) is 0 Å². The van der Waals surface area contributed by atoms with Gasteiger partial charge in [0.1, 0.15) is 12.6 Å². The Bertz CT molecular complexity index is 337. The number of nitrogen functional groups attached to an aromatic ring is 1. The summed E-state index contributed by atoms with van der Waals surface area (Å²) in [6.45, 7) is 1.07. The van der Waals surface area contributed by atoms with Gasteiger partial charge >= 0.3 is 0 Å². The van der Waals surface area contributed by atoms with E-state index in [1.54, 1.807) is 12.1 Å². The standard InChI is InChI=1S/C8H9NO.C7H15NO/c9-8-3-1-7(2-4-8)5-6-10;1-8-6-4-2-3-5-7-9/h1-4,6H,5,9H2;7-8H,2-6H2,1H3. The van der Waals surface area contributed by atoms with Crippen molar-refractivity contribution in [2.75, 3.05) is 19.3 Å². The van der Waals surface area contributed by atoms with Crippen molar-refractivity contribution in [2.24, 2.45) is 0 Å². The van der Waals surface area contributed by atoms with E-state index in [2.05, 4.69) is 5.32 Å². The van der Waals surface area contributed by atoms with Gasteiger partial charge in [-0.15, -0.1) is 0 Å². The van der Waals surface area contributed by atoms with Crippen molar-refractivity contribution in [3.8, 4) is 0 Å². The van der Waals surface area contributed by atoms with Crippen LogP contribution in [0, 0.1) is 0 Å². The summed E-state index contributed by atoms with van der Waals surface area (Å²) in [7, 11) is 1.94. The van der Waals surface area contributed by atoms with Crippen molar-refractivity contribution in [3.05, 3.63) is 29.8 Å². The van der Waals surface area contributed by atoms with Gasteiger partial charge in [0.15, 0.2) is 0 Å². The number of hydrogen-bond acceptors (Lipinski definition) is 4. The molecule has 0 fully saturated rings. The van der Waals surface area contributed by atoms with E-state index in [1.807, 2.05) is 19.2 Å². The van der Waals surface area contributed by atoms with Crippen LogP contribution >= 0.6 is 0 Å². The summed E-state index contributed by atoms with van der Waals surface area (Å²) in [5.41, 5.74) is 7.17. The minimum Gasteiger partial charge on any atom is -0.399 e. The molecule has 0 spiro atoms. The maximum absolute atomic E-state index is 10.0. The van der Waals surface area contributed by atoms with Crippen LogP contribution in [0.3, 0.4) is 0 Å². The molecule has 0 heterocycles. The fourth-order valence-corrected chi connectivity index (χ4v) is 1.46. The van der Waals surface area contributed by atoms with Crippen molar-refractivity contribution in [1.82, 2.24) is 5.32 Å². The lowest BCUT2D eigenvalue weighted by Crippen LogP contribution is -2.06. The van der Waals surface area contributed by atoms with Crippen LogP contribution in [0.15, 0.2) is 24.3 Å². The third-order valence-corrected chi connectivity index (χ3v) is 2.55. The Morgan fingerprint density at radius 1 is 1.05 bits per heavy atom. The van der Waals surface area contributed by atoms with E-state index in [0.717, 1.165) is 43.2 Å². The van der Waals surface area contributed by atoms with Crippen LogP contribution in [-0.2, 0) is 16.0 Å². The summed E-state index contributed by atoms with van der Waals surface area (Å²) in [5.74, 6) is 0. The maximum Gasteiger partial charge on any atom is 0.124 e. The summed E-state index contributed by atoms with van der Waals surface area (Å²) < 4.78 is 0. The fourth-order valence-electron chi connectivity index (χ4n) is 1.46. The summed E-state index contributed by atoms with van der Waals surface area (Å²) in [5, 5.41) is 3.06. The zero-order valence-electron chi connectivity index (χ0n) is 11.6. The number of anilines is 1. The molecular weight excluding hydrogens is 240 g/mol. The van der Waals surface area contributed by atoms with Gasteiger partial charge in [0.25, 0.3) is 0 Å². The minimum absolute atomic E-state index is 0.472. The van der Waals surface area contributed by atoms with E-state index in [-0.39, 0.29) is 0 Å². The first-order valence-electron chi connectivity index (χ1n) is 6.61. The van der Waals surface area contributed by atoms with Gasteiger partial charge in [-0.25, -0.2) is 0 Å². The lowest BCUT2D eigenvalue weighted by molar-refractivity contribution is -0.108. The Morgan fingerprint density at radius 2 is 1.74 bits per heavy atom. The Morgan fingerprint density at radius 3 is 2.26 bits per heavy atom. The van der Waals surface area contributed by atoms with Gasteiger partial charge < -0.3 is 20.6 Å². The molecule has 4 heteroatoms. The molecule has 0 aliphatic carbocycles. The van der Waals surface area contributed by atoms with Crippen LogP contribution < -0.4 is 11.1 Å². The smallest absolute Gasteiger partial charge is 0.124 e. The number of carbonyl (C=O) groups is 2. The monoisotopic (exact) mass is 264 g/mol. The number of nitrogens with two attached hydrogens (primary N) is 1. The lowest BCUT2D eigenvalue weighted by Gasteiger charge is -1.95. The third-order valence-electron chi connectivity index (χ3n) is 2.55. The summed E-state index contributed by atoms with van der Waals surface area (Å²) in [6, 6.07) is 7.28. The molecule has 3 N–H and O–H groups in total. The maximum atomic E-state index is 10.0. The molecule has 106 valence electrons. The highest BCUT2D eigenvalue weighted by atomic mass is 16.1. The predicted molar refractivity (Wildman–Crippen MR) is 79.1 cm³/mol. The second-order valence-electron chi connectivity index (χ2n) is 4.23. The Labute approximate surface area is 115 Å².